The molecule has 0 atom stereocenters. The number of hydrogen-bond donors (Lipinski definition) is 0. The molecule has 0 N–H and O–H groups in total. The van der Waals surface area contributed by atoms with Gasteiger partial charge in [0.15, 0.2) is 0 Å². The van der Waals surface area contributed by atoms with E-state index in [-0.39, 0.29) is 12.1 Å². The van der Waals surface area contributed by atoms with Crippen LogP contribution in [0.25, 0.3) is 0 Å². The summed E-state index contributed by atoms with van der Waals surface area (Å²) in [5.41, 5.74) is 0. The van der Waals surface area contributed by atoms with E-state index in [1.165, 1.54) is 12.1 Å². The summed E-state index contributed by atoms with van der Waals surface area (Å²) < 4.78 is 27.0. The van der Waals surface area contributed by atoms with Crippen molar-refractivity contribution in [3.63, 3.8) is 0 Å². The lowest BCUT2D eigenvalue weighted by molar-refractivity contribution is 0.627. The maximum absolute atomic E-state index is 12.5. The fourth-order valence-electron chi connectivity index (χ4n) is 0.348. The molecule has 2 heteroatoms. The van der Waals surface area contributed by atoms with Gasteiger partial charge in [0, 0.05) is 4.47 Å². The van der Waals surface area contributed by atoms with E-state index in [1.807, 2.05) is 0 Å². The van der Waals surface area contributed by atoms with Gasteiger partial charge in [-0.05, 0) is 24.2 Å². The van der Waals surface area contributed by atoms with Crippen LogP contribution in [0.5, 0.6) is 0 Å². The summed E-state index contributed by atoms with van der Waals surface area (Å²) in [6, 6.07) is 2.12. The second-order valence-electron chi connectivity index (χ2n) is 1.28. The number of halogens is 2. The SMILES string of the molecule is [2H]c1cc(Br)cc([2H])c1F. The quantitative estimate of drug-likeness (QED) is 0.571. The second-order valence-corrected chi connectivity index (χ2v) is 2.19. The van der Waals surface area contributed by atoms with Gasteiger partial charge in [0.25, 0.3) is 0 Å². The Kier molecular flexibility index (Phi) is 1.02. The van der Waals surface area contributed by atoms with Crippen LogP contribution in [0.15, 0.2) is 28.7 Å². The van der Waals surface area contributed by atoms with E-state index in [1.54, 1.807) is 0 Å². The molecule has 0 bridgehead atoms. The van der Waals surface area contributed by atoms with Crippen LogP contribution < -0.4 is 0 Å². The third-order valence-corrected chi connectivity index (χ3v) is 1.13. The second kappa shape index (κ2) is 2.27. The van der Waals surface area contributed by atoms with Gasteiger partial charge in [-0.1, -0.05) is 15.9 Å². The van der Waals surface area contributed by atoms with Crippen molar-refractivity contribution in [3.05, 3.63) is 34.5 Å². The van der Waals surface area contributed by atoms with E-state index >= 15 is 0 Å². The van der Waals surface area contributed by atoms with E-state index in [0.29, 0.717) is 4.47 Å². The lowest BCUT2D eigenvalue weighted by Crippen LogP contribution is -1.67. The Balaban J connectivity index is 3.31. The van der Waals surface area contributed by atoms with Gasteiger partial charge in [0.1, 0.15) is 5.82 Å². The minimum Gasteiger partial charge on any atom is -0.207 e. The summed E-state index contributed by atoms with van der Waals surface area (Å²) in [6.45, 7) is 0. The van der Waals surface area contributed by atoms with Gasteiger partial charge in [0.2, 0.25) is 0 Å². The summed E-state index contributed by atoms with van der Waals surface area (Å²) in [6.07, 6.45) is 0. The van der Waals surface area contributed by atoms with Crippen molar-refractivity contribution in [1.29, 1.82) is 0 Å². The predicted molar refractivity (Wildman–Crippen MR) is 34.1 cm³/mol. The molecule has 0 aliphatic carbocycles. The average molecular weight is 177 g/mol. The summed E-state index contributed by atoms with van der Waals surface area (Å²) >= 11 is 3.04. The molecule has 0 saturated carbocycles. The van der Waals surface area contributed by atoms with E-state index in [2.05, 4.69) is 15.9 Å². The molecule has 42 valence electrons. The van der Waals surface area contributed by atoms with Crippen LogP contribution in [0.4, 0.5) is 4.39 Å². The van der Waals surface area contributed by atoms with Crippen molar-refractivity contribution in [3.8, 4) is 0 Å². The maximum Gasteiger partial charge on any atom is 0.123 e. The third-order valence-electron chi connectivity index (χ3n) is 0.674. The largest absolute Gasteiger partial charge is 0.207 e. The van der Waals surface area contributed by atoms with E-state index < -0.39 is 5.82 Å². The van der Waals surface area contributed by atoms with E-state index in [0.717, 1.165) is 0 Å². The Hall–Kier alpha value is -0.370. The zero-order valence-corrected chi connectivity index (χ0v) is 5.50. The van der Waals surface area contributed by atoms with Gasteiger partial charge in [-0.25, -0.2) is 4.39 Å². The topological polar surface area (TPSA) is 0 Å². The maximum atomic E-state index is 12.5. The highest BCUT2D eigenvalue weighted by Gasteiger charge is 1.84. The van der Waals surface area contributed by atoms with Crippen LogP contribution in [-0.2, 0) is 0 Å². The summed E-state index contributed by atoms with van der Waals surface area (Å²) in [4.78, 5) is 0. The molecule has 0 aromatic heterocycles. The fraction of sp³-hybridized carbons (Fsp3) is 0. The van der Waals surface area contributed by atoms with Crippen LogP contribution in [-0.4, -0.2) is 0 Å². The number of rotatable bonds is 0. The molecule has 0 aliphatic heterocycles. The van der Waals surface area contributed by atoms with E-state index in [4.69, 9.17) is 2.74 Å². The Morgan fingerprint density at radius 2 is 2.00 bits per heavy atom. The normalized spacial score (nSPS) is 12.8. The molecule has 1 aromatic rings. The first-order chi connectivity index (χ1) is 4.61. The third kappa shape index (κ3) is 1.30. The van der Waals surface area contributed by atoms with Crippen LogP contribution >= 0.6 is 15.9 Å². The van der Waals surface area contributed by atoms with Gasteiger partial charge in [-0.15, -0.1) is 0 Å². The fourth-order valence-corrected chi connectivity index (χ4v) is 0.577. The first kappa shape index (κ1) is 3.62. The van der Waals surface area contributed by atoms with Crippen LogP contribution in [0, 0.1) is 5.82 Å². The van der Waals surface area contributed by atoms with Gasteiger partial charge in [-0.3, -0.25) is 0 Å². The molecule has 0 heterocycles. The lowest BCUT2D eigenvalue weighted by atomic mass is 10.4. The molecule has 0 spiro atoms. The van der Waals surface area contributed by atoms with Crippen LogP contribution in [0.1, 0.15) is 2.74 Å². The summed E-state index contributed by atoms with van der Waals surface area (Å²) in [5, 5.41) is 0. The highest BCUT2D eigenvalue weighted by molar-refractivity contribution is 9.10. The van der Waals surface area contributed by atoms with Gasteiger partial charge >= 0.3 is 0 Å². The summed E-state index contributed by atoms with van der Waals surface area (Å²) in [7, 11) is 0. The highest BCUT2D eigenvalue weighted by atomic mass is 79.9. The zero-order valence-electron chi connectivity index (χ0n) is 5.91. The van der Waals surface area contributed by atoms with Crippen molar-refractivity contribution in [1.82, 2.24) is 0 Å². The highest BCUT2D eigenvalue weighted by Crippen LogP contribution is 2.08. The molecule has 0 saturated heterocycles. The smallest absolute Gasteiger partial charge is 0.123 e. The molecule has 0 radical (unpaired) electrons. The number of benzene rings is 1. The molecule has 0 amide bonds. The Labute approximate surface area is 58.3 Å². The molecule has 0 unspecified atom stereocenters. The zero-order chi connectivity index (χ0) is 7.72. The Bertz CT molecular complexity index is 239. The van der Waals surface area contributed by atoms with Crippen molar-refractivity contribution < 1.29 is 7.13 Å². The van der Waals surface area contributed by atoms with Gasteiger partial charge in [0.05, 0.1) is 2.74 Å². The first-order valence-corrected chi connectivity index (χ1v) is 2.83. The van der Waals surface area contributed by atoms with Crippen LogP contribution in [0.3, 0.4) is 0 Å². The van der Waals surface area contributed by atoms with Crippen LogP contribution in [0.2, 0.25) is 0 Å². The van der Waals surface area contributed by atoms with E-state index in [9.17, 15) is 4.39 Å². The number of hydrogen-bond acceptors (Lipinski definition) is 0. The van der Waals surface area contributed by atoms with Crippen molar-refractivity contribution in [2.45, 2.75) is 0 Å². The lowest BCUT2D eigenvalue weighted by Gasteiger charge is -1.85. The molecule has 0 nitrogen and oxygen atoms in total. The molecule has 1 aromatic carbocycles. The minimum absolute atomic E-state index is 0.251. The molecular weight excluding hydrogens is 171 g/mol. The first-order valence-electron chi connectivity index (χ1n) is 3.03. The summed E-state index contributed by atoms with van der Waals surface area (Å²) in [5.74, 6) is -0.775. The average Bonchev–Trinajstić information content (AvgIpc) is 1.82. The molecular formula is C6H4BrF. The standard InChI is InChI=1S/C6H4BrF/c7-5-1-3-6(8)4-2-5/h1-4H/i3D,4D. The predicted octanol–water partition coefficient (Wildman–Crippen LogP) is 2.59. The molecule has 0 fully saturated rings. The Morgan fingerprint density at radius 1 is 1.50 bits per heavy atom. The Morgan fingerprint density at radius 3 is 2.50 bits per heavy atom. The molecule has 1 rings (SSSR count). The molecule has 8 heavy (non-hydrogen) atoms. The van der Waals surface area contributed by atoms with Gasteiger partial charge in [-0.2, -0.15) is 0 Å². The van der Waals surface area contributed by atoms with Gasteiger partial charge < -0.3 is 0 Å². The molecule has 0 aliphatic rings. The monoisotopic (exact) mass is 176 g/mol. The van der Waals surface area contributed by atoms with Crippen molar-refractivity contribution in [2.75, 3.05) is 0 Å². The van der Waals surface area contributed by atoms with Crippen molar-refractivity contribution in [2.24, 2.45) is 0 Å². The minimum atomic E-state index is -0.775. The van der Waals surface area contributed by atoms with Crippen molar-refractivity contribution >= 4 is 15.9 Å².